The van der Waals surface area contributed by atoms with Crippen LogP contribution in [-0.2, 0) is 4.79 Å². The SMILES string of the molecule is CSc1ccccc1N1C(=O)c2ccc(C)cc2C1=CC(=O)O. The summed E-state index contributed by atoms with van der Waals surface area (Å²) in [6.45, 7) is 1.92. The minimum atomic E-state index is -1.08. The Kier molecular flexibility index (Phi) is 3.96. The number of thioether (sulfide) groups is 1. The number of carboxylic acids is 1. The monoisotopic (exact) mass is 325 g/mol. The van der Waals surface area contributed by atoms with Gasteiger partial charge in [0.15, 0.2) is 0 Å². The third-order valence-electron chi connectivity index (χ3n) is 3.71. The Labute approximate surface area is 138 Å². The Morgan fingerprint density at radius 1 is 1.17 bits per heavy atom. The predicted molar refractivity (Wildman–Crippen MR) is 91.8 cm³/mol. The van der Waals surface area contributed by atoms with Gasteiger partial charge in [0.05, 0.1) is 11.4 Å². The van der Waals surface area contributed by atoms with Crippen LogP contribution in [0.2, 0.25) is 0 Å². The van der Waals surface area contributed by atoms with E-state index in [-0.39, 0.29) is 5.91 Å². The van der Waals surface area contributed by atoms with Gasteiger partial charge in [-0.05, 0) is 37.4 Å². The normalized spacial score (nSPS) is 15.1. The zero-order valence-electron chi connectivity index (χ0n) is 12.7. The van der Waals surface area contributed by atoms with Crippen LogP contribution in [-0.4, -0.2) is 23.2 Å². The van der Waals surface area contributed by atoms with Gasteiger partial charge in [-0.1, -0.05) is 23.8 Å². The number of rotatable bonds is 3. The van der Waals surface area contributed by atoms with E-state index >= 15 is 0 Å². The van der Waals surface area contributed by atoms with E-state index in [0.717, 1.165) is 16.5 Å². The zero-order chi connectivity index (χ0) is 16.6. The molecule has 0 fully saturated rings. The molecule has 0 saturated carbocycles. The number of aryl methyl sites for hydroxylation is 1. The summed E-state index contributed by atoms with van der Waals surface area (Å²) in [5.41, 5.74) is 3.27. The molecule has 0 bridgehead atoms. The van der Waals surface area contributed by atoms with Crippen molar-refractivity contribution in [2.24, 2.45) is 0 Å². The highest BCUT2D eigenvalue weighted by Gasteiger charge is 2.34. The number of amides is 1. The van der Waals surface area contributed by atoms with Crippen LogP contribution in [0.25, 0.3) is 5.70 Å². The highest BCUT2D eigenvalue weighted by molar-refractivity contribution is 7.98. The summed E-state index contributed by atoms with van der Waals surface area (Å²) in [4.78, 5) is 26.5. The number of carbonyl (C=O) groups is 2. The molecule has 1 aliphatic heterocycles. The summed E-state index contributed by atoms with van der Waals surface area (Å²) in [6.07, 6.45) is 3.03. The summed E-state index contributed by atoms with van der Waals surface area (Å²) in [5, 5.41) is 9.23. The van der Waals surface area contributed by atoms with E-state index in [2.05, 4.69) is 0 Å². The minimum Gasteiger partial charge on any atom is -0.478 e. The van der Waals surface area contributed by atoms with E-state index in [1.165, 1.54) is 16.7 Å². The summed E-state index contributed by atoms with van der Waals surface area (Å²) >= 11 is 1.52. The fourth-order valence-corrected chi connectivity index (χ4v) is 3.30. The van der Waals surface area contributed by atoms with Gasteiger partial charge in [0, 0.05) is 22.1 Å². The third kappa shape index (κ3) is 2.64. The zero-order valence-corrected chi connectivity index (χ0v) is 13.6. The van der Waals surface area contributed by atoms with Crippen LogP contribution in [0.4, 0.5) is 5.69 Å². The van der Waals surface area contributed by atoms with Gasteiger partial charge in [0.25, 0.3) is 5.91 Å². The average Bonchev–Trinajstić information content (AvgIpc) is 2.78. The Bertz CT molecular complexity index is 842. The lowest BCUT2D eigenvalue weighted by atomic mass is 10.0. The molecule has 3 rings (SSSR count). The molecule has 0 radical (unpaired) electrons. The molecule has 1 N–H and O–H groups in total. The van der Waals surface area contributed by atoms with Crippen molar-refractivity contribution in [3.05, 3.63) is 65.2 Å². The van der Waals surface area contributed by atoms with Crippen LogP contribution in [0.1, 0.15) is 21.5 Å². The van der Waals surface area contributed by atoms with E-state index < -0.39 is 5.97 Å². The maximum atomic E-state index is 12.9. The first kappa shape index (κ1) is 15.4. The van der Waals surface area contributed by atoms with Gasteiger partial charge in [-0.25, -0.2) is 4.79 Å². The second kappa shape index (κ2) is 5.93. The van der Waals surface area contributed by atoms with E-state index in [0.29, 0.717) is 22.5 Å². The first-order valence-electron chi connectivity index (χ1n) is 7.06. The summed E-state index contributed by atoms with van der Waals surface area (Å²) in [7, 11) is 0. The summed E-state index contributed by atoms with van der Waals surface area (Å²) < 4.78 is 0. The van der Waals surface area contributed by atoms with E-state index in [4.69, 9.17) is 0 Å². The maximum absolute atomic E-state index is 12.9. The molecule has 1 amide bonds. The van der Waals surface area contributed by atoms with Crippen LogP contribution in [0.3, 0.4) is 0 Å². The third-order valence-corrected chi connectivity index (χ3v) is 4.50. The van der Waals surface area contributed by atoms with Crippen molar-refractivity contribution in [3.63, 3.8) is 0 Å². The molecule has 0 saturated heterocycles. The van der Waals surface area contributed by atoms with Crippen LogP contribution >= 0.6 is 11.8 Å². The van der Waals surface area contributed by atoms with Crippen molar-refractivity contribution in [1.29, 1.82) is 0 Å². The second-order valence-electron chi connectivity index (χ2n) is 5.23. The lowest BCUT2D eigenvalue weighted by molar-refractivity contribution is -0.131. The summed E-state index contributed by atoms with van der Waals surface area (Å²) in [5.74, 6) is -1.28. The Morgan fingerprint density at radius 3 is 2.61 bits per heavy atom. The molecule has 23 heavy (non-hydrogen) atoms. The standard InChI is InChI=1S/C18H15NO3S/c1-11-7-8-12-13(9-11)15(10-17(20)21)19(18(12)22)14-5-3-4-6-16(14)23-2/h3-10H,1-2H3,(H,20,21). The number of carbonyl (C=O) groups excluding carboxylic acids is 1. The van der Waals surface area contributed by atoms with E-state index in [1.54, 1.807) is 6.07 Å². The molecule has 0 spiro atoms. The Balaban J connectivity index is 2.25. The quantitative estimate of drug-likeness (QED) is 0.689. The average molecular weight is 325 g/mol. The number of aliphatic carboxylic acids is 1. The van der Waals surface area contributed by atoms with Crippen LogP contribution in [0.5, 0.6) is 0 Å². The van der Waals surface area contributed by atoms with Gasteiger partial charge in [-0.3, -0.25) is 9.69 Å². The molecule has 4 nitrogen and oxygen atoms in total. The number of fused-ring (bicyclic) bond motifs is 1. The topological polar surface area (TPSA) is 57.6 Å². The molecule has 116 valence electrons. The molecular weight excluding hydrogens is 310 g/mol. The molecular formula is C18H15NO3S. The van der Waals surface area contributed by atoms with Gasteiger partial charge in [-0.15, -0.1) is 11.8 Å². The van der Waals surface area contributed by atoms with Crippen molar-refractivity contribution in [1.82, 2.24) is 0 Å². The lowest BCUT2D eigenvalue weighted by Gasteiger charge is -2.20. The number of hydrogen-bond acceptors (Lipinski definition) is 3. The molecule has 1 heterocycles. The van der Waals surface area contributed by atoms with Crippen molar-refractivity contribution in [3.8, 4) is 0 Å². The highest BCUT2D eigenvalue weighted by Crippen LogP contribution is 2.40. The molecule has 1 aliphatic rings. The van der Waals surface area contributed by atoms with Gasteiger partial charge in [0.1, 0.15) is 0 Å². The molecule has 0 aliphatic carbocycles. The van der Waals surface area contributed by atoms with Crippen molar-refractivity contribution in [2.45, 2.75) is 11.8 Å². The fourth-order valence-electron chi connectivity index (χ4n) is 2.72. The van der Waals surface area contributed by atoms with Crippen LogP contribution < -0.4 is 4.90 Å². The van der Waals surface area contributed by atoms with Crippen LogP contribution in [0.15, 0.2) is 53.4 Å². The fraction of sp³-hybridized carbons (Fsp3) is 0.111. The number of benzene rings is 2. The molecule has 0 atom stereocenters. The van der Waals surface area contributed by atoms with Crippen molar-refractivity contribution >= 4 is 35.0 Å². The molecule has 0 aromatic heterocycles. The number of nitrogens with zero attached hydrogens (tertiary/aromatic N) is 1. The van der Waals surface area contributed by atoms with Crippen molar-refractivity contribution in [2.75, 3.05) is 11.2 Å². The van der Waals surface area contributed by atoms with Gasteiger partial charge in [-0.2, -0.15) is 0 Å². The van der Waals surface area contributed by atoms with Gasteiger partial charge < -0.3 is 5.11 Å². The minimum absolute atomic E-state index is 0.200. The molecule has 2 aromatic rings. The first-order chi connectivity index (χ1) is 11.0. The maximum Gasteiger partial charge on any atom is 0.330 e. The molecule has 0 unspecified atom stereocenters. The van der Waals surface area contributed by atoms with E-state index in [1.807, 2.05) is 49.6 Å². The Morgan fingerprint density at radius 2 is 1.91 bits per heavy atom. The van der Waals surface area contributed by atoms with Crippen molar-refractivity contribution < 1.29 is 14.7 Å². The number of carboxylic acid groups (broad SMARTS) is 1. The first-order valence-corrected chi connectivity index (χ1v) is 8.28. The molecule has 2 aromatic carbocycles. The lowest BCUT2D eigenvalue weighted by Crippen LogP contribution is -2.23. The van der Waals surface area contributed by atoms with Gasteiger partial charge in [0.2, 0.25) is 0 Å². The number of para-hydroxylation sites is 1. The largest absolute Gasteiger partial charge is 0.478 e. The Hall–Kier alpha value is -2.53. The smallest absolute Gasteiger partial charge is 0.330 e. The number of hydrogen-bond donors (Lipinski definition) is 1. The highest BCUT2D eigenvalue weighted by atomic mass is 32.2. The molecule has 5 heteroatoms. The van der Waals surface area contributed by atoms with Gasteiger partial charge >= 0.3 is 5.97 Å². The second-order valence-corrected chi connectivity index (χ2v) is 6.08. The van der Waals surface area contributed by atoms with Crippen LogP contribution in [0, 0.1) is 6.92 Å². The summed E-state index contributed by atoms with van der Waals surface area (Å²) in [6, 6.07) is 13.0. The van der Waals surface area contributed by atoms with E-state index in [9.17, 15) is 14.7 Å². The predicted octanol–water partition coefficient (Wildman–Crippen LogP) is 3.80. The number of anilines is 1.